The first kappa shape index (κ1) is 19.9. The summed E-state index contributed by atoms with van der Waals surface area (Å²) >= 11 is 0. The van der Waals surface area contributed by atoms with Gasteiger partial charge in [0.2, 0.25) is 0 Å². The zero-order valence-corrected chi connectivity index (χ0v) is 15.5. The number of hydrogen-bond donors (Lipinski definition) is 0. The first-order valence-electron chi connectivity index (χ1n) is 9.00. The molecule has 0 spiro atoms. The van der Waals surface area contributed by atoms with E-state index in [1.54, 1.807) is 0 Å². The van der Waals surface area contributed by atoms with Gasteiger partial charge in [-0.2, -0.15) is 0 Å². The number of likely N-dealkylation sites (tertiary alicyclic amines) is 1. The summed E-state index contributed by atoms with van der Waals surface area (Å²) in [4.78, 5) is 2.26. The van der Waals surface area contributed by atoms with Crippen LogP contribution in [0.2, 0.25) is 0 Å². The second kappa shape index (κ2) is 10.6. The van der Waals surface area contributed by atoms with Crippen molar-refractivity contribution < 1.29 is 13.2 Å². The number of sulfone groups is 1. The Morgan fingerprint density at radius 3 is 2.09 bits per heavy atom. The highest BCUT2D eigenvalue weighted by molar-refractivity contribution is 7.90. The van der Waals surface area contributed by atoms with E-state index >= 15 is 0 Å². The van der Waals surface area contributed by atoms with E-state index in [0.29, 0.717) is 18.8 Å². The number of hydrogen-bond acceptors (Lipinski definition) is 4. The lowest BCUT2D eigenvalue weighted by molar-refractivity contribution is -0.0494. The van der Waals surface area contributed by atoms with Gasteiger partial charge < -0.3 is 9.64 Å². The lowest BCUT2D eigenvalue weighted by atomic mass is 10.0. The topological polar surface area (TPSA) is 46.6 Å². The van der Waals surface area contributed by atoms with Gasteiger partial charge in [-0.25, -0.2) is 8.42 Å². The first-order valence-corrected chi connectivity index (χ1v) is 11.1. The lowest BCUT2D eigenvalue weighted by Gasteiger charge is -2.34. The van der Waals surface area contributed by atoms with Crippen molar-refractivity contribution in [1.29, 1.82) is 0 Å². The molecule has 0 N–H and O–H groups in total. The number of piperidine rings is 1. The molecule has 1 saturated heterocycles. The minimum atomic E-state index is -2.85. The predicted octanol–water partition coefficient (Wildman–Crippen LogP) is 3.26. The second-order valence-electron chi connectivity index (χ2n) is 6.71. The molecule has 0 aromatic heterocycles. The van der Waals surface area contributed by atoms with Crippen LogP contribution in [-0.2, 0) is 14.6 Å². The third-order valence-corrected chi connectivity index (χ3v) is 5.38. The summed E-state index contributed by atoms with van der Waals surface area (Å²) in [6.07, 6.45) is 11.5. The van der Waals surface area contributed by atoms with E-state index in [4.69, 9.17) is 4.74 Å². The van der Waals surface area contributed by atoms with Crippen molar-refractivity contribution in [2.24, 2.45) is 0 Å². The van der Waals surface area contributed by atoms with E-state index in [1.165, 1.54) is 44.8 Å². The van der Waals surface area contributed by atoms with Crippen LogP contribution in [0.15, 0.2) is 0 Å². The summed E-state index contributed by atoms with van der Waals surface area (Å²) in [7, 11) is -2.85. The summed E-state index contributed by atoms with van der Waals surface area (Å²) < 4.78 is 28.8. The molecule has 22 heavy (non-hydrogen) atoms. The van der Waals surface area contributed by atoms with Crippen LogP contribution in [0, 0.1) is 0 Å². The quantitative estimate of drug-likeness (QED) is 0.582. The van der Waals surface area contributed by atoms with Crippen molar-refractivity contribution >= 4 is 9.84 Å². The Bertz CT molecular complexity index is 367. The molecule has 0 radical (unpaired) electrons. The number of nitrogens with zero attached hydrogens (tertiary/aromatic N) is 1. The Morgan fingerprint density at radius 2 is 1.64 bits per heavy atom. The van der Waals surface area contributed by atoms with Gasteiger partial charge in [-0.3, -0.25) is 0 Å². The van der Waals surface area contributed by atoms with Crippen LogP contribution in [0.1, 0.15) is 65.2 Å². The summed E-state index contributed by atoms with van der Waals surface area (Å²) in [6.45, 7) is 7.07. The molecule has 1 aliphatic rings. The van der Waals surface area contributed by atoms with E-state index in [1.807, 2.05) is 0 Å². The average molecular weight is 334 g/mol. The van der Waals surface area contributed by atoms with Gasteiger partial charge in [0.15, 0.2) is 0 Å². The van der Waals surface area contributed by atoms with Crippen LogP contribution in [-0.4, -0.2) is 57.2 Å². The van der Waals surface area contributed by atoms with Crippen molar-refractivity contribution in [3.05, 3.63) is 0 Å². The van der Waals surface area contributed by atoms with Crippen LogP contribution in [0.4, 0.5) is 0 Å². The Labute approximate surface area is 137 Å². The summed E-state index contributed by atoms with van der Waals surface area (Å²) in [5.74, 6) is 0.272. The molecule has 1 rings (SSSR count). The molecule has 1 heterocycles. The fourth-order valence-electron chi connectivity index (χ4n) is 2.98. The first-order chi connectivity index (χ1) is 10.4. The zero-order valence-electron chi connectivity index (χ0n) is 14.7. The monoisotopic (exact) mass is 333 g/mol. The predicted molar refractivity (Wildman–Crippen MR) is 93.1 cm³/mol. The van der Waals surface area contributed by atoms with E-state index < -0.39 is 9.84 Å². The third-order valence-electron chi connectivity index (χ3n) is 4.46. The second-order valence-corrected chi connectivity index (χ2v) is 8.97. The molecular formula is C17H35NO3S. The largest absolute Gasteiger partial charge is 0.375 e. The Balaban J connectivity index is 2.29. The molecule has 0 aromatic rings. The molecule has 1 aliphatic heterocycles. The van der Waals surface area contributed by atoms with E-state index in [0.717, 1.165) is 25.9 Å². The van der Waals surface area contributed by atoms with Gasteiger partial charge in [0, 0.05) is 25.9 Å². The van der Waals surface area contributed by atoms with Crippen molar-refractivity contribution in [1.82, 2.24) is 4.90 Å². The van der Waals surface area contributed by atoms with Gasteiger partial charge in [0.1, 0.15) is 9.84 Å². The molecule has 1 fully saturated rings. The van der Waals surface area contributed by atoms with Crippen LogP contribution < -0.4 is 0 Å². The molecule has 5 heteroatoms. The summed E-state index contributed by atoms with van der Waals surface area (Å²) in [5.41, 5.74) is 0. The fourth-order valence-corrected chi connectivity index (χ4v) is 3.57. The molecule has 0 unspecified atom stereocenters. The van der Waals surface area contributed by atoms with Crippen LogP contribution in [0.25, 0.3) is 0 Å². The highest BCUT2D eigenvalue weighted by Crippen LogP contribution is 2.20. The van der Waals surface area contributed by atoms with E-state index in [-0.39, 0.29) is 5.75 Å². The number of unbranched alkanes of at least 4 members (excludes halogenated alkanes) is 2. The Kier molecular flexibility index (Phi) is 9.60. The fraction of sp³-hybridized carbons (Fsp3) is 1.00. The smallest absolute Gasteiger partial charge is 0.148 e. The average Bonchev–Trinajstić information content (AvgIpc) is 2.48. The zero-order chi connectivity index (χ0) is 16.4. The van der Waals surface area contributed by atoms with E-state index in [9.17, 15) is 8.42 Å². The molecular weight excluding hydrogens is 298 g/mol. The van der Waals surface area contributed by atoms with Gasteiger partial charge in [-0.15, -0.1) is 0 Å². The number of rotatable bonds is 11. The third kappa shape index (κ3) is 9.11. The molecule has 0 aromatic carbocycles. The molecule has 0 aliphatic carbocycles. The lowest BCUT2D eigenvalue weighted by Crippen LogP contribution is -2.40. The van der Waals surface area contributed by atoms with Gasteiger partial charge in [-0.1, -0.05) is 39.5 Å². The molecule has 0 saturated carbocycles. The maximum absolute atomic E-state index is 11.2. The van der Waals surface area contributed by atoms with Crippen molar-refractivity contribution in [3.8, 4) is 0 Å². The number of ether oxygens (including phenoxy) is 1. The molecule has 132 valence electrons. The molecule has 4 nitrogen and oxygen atoms in total. The Hall–Kier alpha value is -0.130. The maximum atomic E-state index is 11.2. The van der Waals surface area contributed by atoms with Gasteiger partial charge >= 0.3 is 0 Å². The van der Waals surface area contributed by atoms with Gasteiger partial charge in [0.05, 0.1) is 18.0 Å². The highest BCUT2D eigenvalue weighted by Gasteiger charge is 2.23. The van der Waals surface area contributed by atoms with Crippen LogP contribution in [0.5, 0.6) is 0 Å². The van der Waals surface area contributed by atoms with Crippen LogP contribution >= 0.6 is 0 Å². The summed E-state index contributed by atoms with van der Waals surface area (Å²) in [5, 5.41) is 0. The van der Waals surface area contributed by atoms with Gasteiger partial charge in [0.25, 0.3) is 0 Å². The van der Waals surface area contributed by atoms with Crippen molar-refractivity contribution in [2.45, 2.75) is 77.4 Å². The molecule has 0 amide bonds. The SMILES string of the molecule is CCCCC(CCCC)OC1CCN(CCS(C)(=O)=O)CC1. The summed E-state index contributed by atoms with van der Waals surface area (Å²) in [6, 6.07) is 0. The minimum Gasteiger partial charge on any atom is -0.375 e. The minimum absolute atomic E-state index is 0.272. The maximum Gasteiger partial charge on any atom is 0.148 e. The molecule has 0 bridgehead atoms. The molecule has 0 atom stereocenters. The standard InChI is InChI=1S/C17H35NO3S/c1-4-6-8-16(9-7-5-2)21-17-10-12-18(13-11-17)14-15-22(3,19)20/h16-17H,4-15H2,1-3H3. The Morgan fingerprint density at radius 1 is 1.09 bits per heavy atom. The van der Waals surface area contributed by atoms with E-state index in [2.05, 4.69) is 18.7 Å². The normalized spacial score (nSPS) is 18.2. The van der Waals surface area contributed by atoms with Crippen LogP contribution in [0.3, 0.4) is 0 Å². The highest BCUT2D eigenvalue weighted by atomic mass is 32.2. The van der Waals surface area contributed by atoms with Gasteiger partial charge in [-0.05, 0) is 25.7 Å². The van der Waals surface area contributed by atoms with Crippen molar-refractivity contribution in [2.75, 3.05) is 31.6 Å². The van der Waals surface area contributed by atoms with Crippen molar-refractivity contribution in [3.63, 3.8) is 0 Å².